The van der Waals surface area contributed by atoms with E-state index in [1.165, 1.54) is 0 Å². The molecule has 1 atom stereocenters. The van der Waals surface area contributed by atoms with Crippen molar-refractivity contribution in [1.29, 1.82) is 0 Å². The largest absolute Gasteiger partial charge is 0.484 e. The topological polar surface area (TPSA) is 64.4 Å². The van der Waals surface area contributed by atoms with Gasteiger partial charge in [-0.15, -0.1) is 11.3 Å². The molecule has 0 saturated heterocycles. The van der Waals surface area contributed by atoms with Gasteiger partial charge < -0.3 is 14.5 Å². The first-order valence-electron chi connectivity index (χ1n) is 9.02. The number of thiazole rings is 1. The highest BCUT2D eigenvalue weighted by atomic mass is 32.1. The van der Waals surface area contributed by atoms with Gasteiger partial charge in [-0.25, -0.2) is 4.98 Å². The third kappa shape index (κ3) is 4.07. The second kappa shape index (κ2) is 7.86. The lowest BCUT2D eigenvalue weighted by Crippen LogP contribution is -2.31. The van der Waals surface area contributed by atoms with Crippen LogP contribution in [0.5, 0.6) is 5.75 Å². The standard InChI is InChI=1S/C22H20N2O3S/c1-14-13-28-22(23-14)16-7-9-18(10-8-16)26-12-21(25)24-15(2)20-11-17-5-3-4-6-19(17)27-20/h3-11,13,15H,12H2,1-2H3,(H,24,25)/t15-/m0/s1. The van der Waals surface area contributed by atoms with Crippen molar-refractivity contribution in [2.24, 2.45) is 0 Å². The Bertz CT molecular complexity index is 1070. The highest BCUT2D eigenvalue weighted by Gasteiger charge is 2.14. The molecule has 1 amide bonds. The van der Waals surface area contributed by atoms with Crippen LogP contribution in [0.1, 0.15) is 24.4 Å². The number of benzene rings is 2. The number of nitrogens with one attached hydrogen (secondary N) is 1. The first kappa shape index (κ1) is 18.3. The molecular weight excluding hydrogens is 372 g/mol. The minimum atomic E-state index is -0.237. The monoisotopic (exact) mass is 392 g/mol. The minimum Gasteiger partial charge on any atom is -0.484 e. The second-order valence-electron chi connectivity index (χ2n) is 6.58. The van der Waals surface area contributed by atoms with E-state index in [2.05, 4.69) is 10.3 Å². The number of carbonyl (C=O) groups is 1. The van der Waals surface area contributed by atoms with E-state index in [-0.39, 0.29) is 18.6 Å². The summed E-state index contributed by atoms with van der Waals surface area (Å²) in [5.74, 6) is 1.16. The molecule has 2 heterocycles. The lowest BCUT2D eigenvalue weighted by molar-refractivity contribution is -0.123. The Hall–Kier alpha value is -3.12. The number of aromatic nitrogens is 1. The Kier molecular flexibility index (Phi) is 5.12. The quantitative estimate of drug-likeness (QED) is 0.495. The van der Waals surface area contributed by atoms with Crippen molar-refractivity contribution >= 4 is 28.2 Å². The van der Waals surface area contributed by atoms with Crippen LogP contribution in [0.3, 0.4) is 0 Å². The van der Waals surface area contributed by atoms with Crippen LogP contribution in [-0.4, -0.2) is 17.5 Å². The van der Waals surface area contributed by atoms with Crippen LogP contribution in [0.2, 0.25) is 0 Å². The van der Waals surface area contributed by atoms with E-state index in [4.69, 9.17) is 9.15 Å². The van der Waals surface area contributed by atoms with Crippen LogP contribution in [0.15, 0.2) is 64.4 Å². The van der Waals surface area contributed by atoms with E-state index in [1.54, 1.807) is 11.3 Å². The molecule has 142 valence electrons. The summed E-state index contributed by atoms with van der Waals surface area (Å²) in [6.45, 7) is 3.81. The predicted octanol–water partition coefficient (Wildman–Crippen LogP) is 5.12. The number of aryl methyl sites for hydroxylation is 1. The van der Waals surface area contributed by atoms with Crippen LogP contribution in [0, 0.1) is 6.92 Å². The molecule has 0 aliphatic carbocycles. The van der Waals surface area contributed by atoms with Gasteiger partial charge in [0.2, 0.25) is 0 Å². The van der Waals surface area contributed by atoms with Crippen LogP contribution < -0.4 is 10.1 Å². The van der Waals surface area contributed by atoms with Crippen molar-refractivity contribution in [1.82, 2.24) is 10.3 Å². The molecule has 0 aliphatic rings. The normalized spacial score (nSPS) is 12.1. The summed E-state index contributed by atoms with van der Waals surface area (Å²) in [6.07, 6.45) is 0. The number of para-hydroxylation sites is 1. The van der Waals surface area contributed by atoms with Crippen LogP contribution in [0.4, 0.5) is 0 Å². The van der Waals surface area contributed by atoms with Gasteiger partial charge in [0.1, 0.15) is 22.1 Å². The number of fused-ring (bicyclic) bond motifs is 1. The number of carbonyl (C=O) groups excluding carboxylic acids is 1. The SMILES string of the molecule is Cc1csc(-c2ccc(OCC(=O)N[C@@H](C)c3cc4ccccc4o3)cc2)n1. The first-order valence-corrected chi connectivity index (χ1v) is 9.89. The second-order valence-corrected chi connectivity index (χ2v) is 7.44. The maximum Gasteiger partial charge on any atom is 0.258 e. The molecule has 0 bridgehead atoms. The van der Waals surface area contributed by atoms with Gasteiger partial charge in [-0.2, -0.15) is 0 Å². The summed E-state index contributed by atoms with van der Waals surface area (Å²) < 4.78 is 11.4. The van der Waals surface area contributed by atoms with Crippen molar-refractivity contribution in [2.45, 2.75) is 19.9 Å². The molecule has 4 aromatic rings. The van der Waals surface area contributed by atoms with Gasteiger partial charge in [-0.1, -0.05) is 18.2 Å². The summed E-state index contributed by atoms with van der Waals surface area (Å²) in [5, 5.41) is 6.91. The maximum atomic E-state index is 12.2. The summed E-state index contributed by atoms with van der Waals surface area (Å²) >= 11 is 1.61. The van der Waals surface area contributed by atoms with Crippen molar-refractivity contribution < 1.29 is 13.9 Å². The van der Waals surface area contributed by atoms with Gasteiger partial charge in [-0.3, -0.25) is 4.79 Å². The Morgan fingerprint density at radius 1 is 1.21 bits per heavy atom. The molecule has 0 radical (unpaired) electrons. The number of ether oxygens (including phenoxy) is 1. The van der Waals surface area contributed by atoms with E-state index in [0.29, 0.717) is 5.75 Å². The van der Waals surface area contributed by atoms with Gasteiger partial charge in [0.15, 0.2) is 6.61 Å². The molecule has 4 rings (SSSR count). The van der Waals surface area contributed by atoms with Crippen molar-refractivity contribution in [2.75, 3.05) is 6.61 Å². The van der Waals surface area contributed by atoms with Gasteiger partial charge in [0.25, 0.3) is 5.91 Å². The molecule has 0 aliphatic heterocycles. The molecule has 5 nitrogen and oxygen atoms in total. The fourth-order valence-corrected chi connectivity index (χ4v) is 3.70. The van der Waals surface area contributed by atoms with Crippen LogP contribution in [-0.2, 0) is 4.79 Å². The molecule has 6 heteroatoms. The predicted molar refractivity (Wildman–Crippen MR) is 111 cm³/mol. The zero-order valence-electron chi connectivity index (χ0n) is 15.6. The molecule has 0 saturated carbocycles. The minimum absolute atomic E-state index is 0.0553. The Morgan fingerprint density at radius 3 is 2.71 bits per heavy atom. The summed E-state index contributed by atoms with van der Waals surface area (Å²) in [6, 6.07) is 17.1. The molecule has 0 spiro atoms. The highest BCUT2D eigenvalue weighted by molar-refractivity contribution is 7.13. The fraction of sp³-hybridized carbons (Fsp3) is 0.182. The molecule has 1 N–H and O–H groups in total. The third-order valence-corrected chi connectivity index (χ3v) is 5.35. The average molecular weight is 392 g/mol. The molecule has 28 heavy (non-hydrogen) atoms. The van der Waals surface area contributed by atoms with Gasteiger partial charge >= 0.3 is 0 Å². The number of hydrogen-bond acceptors (Lipinski definition) is 5. The van der Waals surface area contributed by atoms with Gasteiger partial charge in [0, 0.05) is 22.0 Å². The zero-order valence-corrected chi connectivity index (χ0v) is 16.5. The Balaban J connectivity index is 1.32. The summed E-state index contributed by atoms with van der Waals surface area (Å²) in [5.41, 5.74) is 2.86. The molecule has 2 aromatic heterocycles. The molecular formula is C22H20N2O3S. The van der Waals surface area contributed by atoms with Crippen molar-refractivity contribution in [3.05, 3.63) is 71.4 Å². The van der Waals surface area contributed by atoms with E-state index in [9.17, 15) is 4.79 Å². The number of rotatable bonds is 6. The number of furan rings is 1. The lowest BCUT2D eigenvalue weighted by Gasteiger charge is -2.12. The van der Waals surface area contributed by atoms with E-state index in [1.807, 2.05) is 73.8 Å². The molecule has 2 aromatic carbocycles. The Morgan fingerprint density at radius 2 is 2.00 bits per heavy atom. The van der Waals surface area contributed by atoms with Crippen LogP contribution in [0.25, 0.3) is 21.5 Å². The number of amides is 1. The summed E-state index contributed by atoms with van der Waals surface area (Å²) in [7, 11) is 0. The smallest absolute Gasteiger partial charge is 0.258 e. The van der Waals surface area contributed by atoms with Crippen molar-refractivity contribution in [3.8, 4) is 16.3 Å². The van der Waals surface area contributed by atoms with E-state index >= 15 is 0 Å². The van der Waals surface area contributed by atoms with E-state index in [0.717, 1.165) is 33.0 Å². The lowest BCUT2D eigenvalue weighted by atomic mass is 10.2. The maximum absolute atomic E-state index is 12.2. The number of hydrogen-bond donors (Lipinski definition) is 1. The van der Waals surface area contributed by atoms with Gasteiger partial charge in [-0.05, 0) is 50.2 Å². The van der Waals surface area contributed by atoms with Gasteiger partial charge in [0.05, 0.1) is 6.04 Å². The van der Waals surface area contributed by atoms with E-state index < -0.39 is 0 Å². The third-order valence-electron chi connectivity index (χ3n) is 4.34. The molecule has 0 fully saturated rings. The number of nitrogens with zero attached hydrogens (tertiary/aromatic N) is 1. The first-order chi connectivity index (χ1) is 13.6. The van der Waals surface area contributed by atoms with Crippen molar-refractivity contribution in [3.63, 3.8) is 0 Å². The van der Waals surface area contributed by atoms with Crippen LogP contribution >= 0.6 is 11.3 Å². The zero-order chi connectivity index (χ0) is 19.5. The highest BCUT2D eigenvalue weighted by Crippen LogP contribution is 2.26. The molecule has 0 unspecified atom stereocenters. The average Bonchev–Trinajstić information content (AvgIpc) is 3.33. The fourth-order valence-electron chi connectivity index (χ4n) is 2.90. The Labute approximate surface area is 167 Å². The summed E-state index contributed by atoms with van der Waals surface area (Å²) in [4.78, 5) is 16.7.